The Bertz CT molecular complexity index is 791. The number of nitrogens with zero attached hydrogens (tertiary/aromatic N) is 3. The summed E-state index contributed by atoms with van der Waals surface area (Å²) < 4.78 is 6.20. The minimum absolute atomic E-state index is 0. The number of thiophene rings is 1. The third-order valence-electron chi connectivity index (χ3n) is 3.26. The standard InChI is InChI=1S/C14H16ClN5OS.2ClH/c1-7(16)3-10-8(2)11-12(22-10)13(20-14(15)19-11)18-5-9-4-17-6-21-9;;/h4,6-7H,3,5,16H2,1-2H3,(H,18,19,20);2*1H/t7-;;/m0../s1. The maximum atomic E-state index is 6.05. The summed E-state index contributed by atoms with van der Waals surface area (Å²) in [7, 11) is 0. The van der Waals surface area contributed by atoms with Crippen molar-refractivity contribution >= 4 is 63.8 Å². The highest BCUT2D eigenvalue weighted by molar-refractivity contribution is 7.19. The van der Waals surface area contributed by atoms with Gasteiger partial charge in [0.15, 0.2) is 6.39 Å². The number of nitrogens with two attached hydrogens (primary N) is 1. The zero-order valence-electron chi connectivity index (χ0n) is 13.1. The highest BCUT2D eigenvalue weighted by Crippen LogP contribution is 2.35. The number of hydrogen-bond acceptors (Lipinski definition) is 7. The zero-order valence-corrected chi connectivity index (χ0v) is 16.3. The number of rotatable bonds is 5. The van der Waals surface area contributed by atoms with Gasteiger partial charge >= 0.3 is 0 Å². The molecule has 0 unspecified atom stereocenters. The number of fused-ring (bicyclic) bond motifs is 1. The van der Waals surface area contributed by atoms with Gasteiger partial charge in [-0.25, -0.2) is 9.97 Å². The smallest absolute Gasteiger partial charge is 0.224 e. The summed E-state index contributed by atoms with van der Waals surface area (Å²) in [5.74, 6) is 1.43. The van der Waals surface area contributed by atoms with Crippen molar-refractivity contribution < 1.29 is 4.42 Å². The molecule has 132 valence electrons. The van der Waals surface area contributed by atoms with Gasteiger partial charge in [-0.2, -0.15) is 4.98 Å². The van der Waals surface area contributed by atoms with Gasteiger partial charge in [0.25, 0.3) is 0 Å². The molecule has 0 amide bonds. The molecule has 10 heteroatoms. The molecule has 0 aliphatic rings. The molecule has 0 bridgehead atoms. The van der Waals surface area contributed by atoms with Crippen LogP contribution in [0.15, 0.2) is 17.0 Å². The van der Waals surface area contributed by atoms with Crippen LogP contribution in [0.5, 0.6) is 0 Å². The molecule has 24 heavy (non-hydrogen) atoms. The van der Waals surface area contributed by atoms with Crippen molar-refractivity contribution in [3.8, 4) is 0 Å². The first-order chi connectivity index (χ1) is 10.5. The molecule has 3 aromatic rings. The van der Waals surface area contributed by atoms with Gasteiger partial charge < -0.3 is 15.5 Å². The van der Waals surface area contributed by atoms with E-state index in [0.717, 1.165) is 28.0 Å². The lowest BCUT2D eigenvalue weighted by Crippen LogP contribution is -2.17. The SMILES string of the molecule is Cc1c(C[C@H](C)N)sc2c(NCc3cnco3)nc(Cl)nc12.Cl.Cl. The van der Waals surface area contributed by atoms with Gasteiger partial charge in [0.2, 0.25) is 5.28 Å². The maximum absolute atomic E-state index is 6.05. The molecule has 0 aliphatic heterocycles. The molecule has 3 heterocycles. The van der Waals surface area contributed by atoms with Crippen molar-refractivity contribution in [1.82, 2.24) is 15.0 Å². The molecule has 0 aromatic carbocycles. The van der Waals surface area contributed by atoms with E-state index in [1.807, 2.05) is 13.8 Å². The van der Waals surface area contributed by atoms with E-state index in [-0.39, 0.29) is 36.1 Å². The minimum atomic E-state index is 0. The largest absolute Gasteiger partial charge is 0.447 e. The van der Waals surface area contributed by atoms with Crippen molar-refractivity contribution in [2.24, 2.45) is 5.73 Å². The zero-order chi connectivity index (χ0) is 15.7. The van der Waals surface area contributed by atoms with Crippen LogP contribution < -0.4 is 11.1 Å². The second kappa shape index (κ2) is 8.82. The first-order valence-corrected chi connectivity index (χ1v) is 8.06. The molecule has 0 saturated heterocycles. The van der Waals surface area contributed by atoms with Gasteiger partial charge in [-0.1, -0.05) is 0 Å². The maximum Gasteiger partial charge on any atom is 0.224 e. The van der Waals surface area contributed by atoms with Gasteiger partial charge in [0.05, 0.1) is 23.0 Å². The Balaban J connectivity index is 0.00000144. The topological polar surface area (TPSA) is 89.9 Å². The van der Waals surface area contributed by atoms with Crippen LogP contribution in [-0.4, -0.2) is 21.0 Å². The summed E-state index contributed by atoms with van der Waals surface area (Å²) in [6.07, 6.45) is 3.87. The fraction of sp³-hybridized carbons (Fsp3) is 0.357. The number of aromatic nitrogens is 3. The van der Waals surface area contributed by atoms with E-state index in [4.69, 9.17) is 21.8 Å². The fourth-order valence-corrected chi connectivity index (χ4v) is 3.73. The van der Waals surface area contributed by atoms with Crippen LogP contribution in [0.3, 0.4) is 0 Å². The average Bonchev–Trinajstić information content (AvgIpc) is 3.07. The average molecular weight is 411 g/mol. The van der Waals surface area contributed by atoms with E-state index >= 15 is 0 Å². The van der Waals surface area contributed by atoms with Crippen LogP contribution >= 0.6 is 47.8 Å². The van der Waals surface area contributed by atoms with Crippen LogP contribution in [0.1, 0.15) is 23.1 Å². The normalized spacial score (nSPS) is 11.7. The number of halogens is 3. The molecule has 3 rings (SSSR count). The van der Waals surface area contributed by atoms with Gasteiger partial charge in [-0.3, -0.25) is 0 Å². The molecule has 6 nitrogen and oxygen atoms in total. The van der Waals surface area contributed by atoms with Gasteiger partial charge in [-0.15, -0.1) is 36.2 Å². The van der Waals surface area contributed by atoms with E-state index < -0.39 is 0 Å². The summed E-state index contributed by atoms with van der Waals surface area (Å²) in [6, 6.07) is 0.0980. The summed E-state index contributed by atoms with van der Waals surface area (Å²) in [6.45, 7) is 4.52. The van der Waals surface area contributed by atoms with Gasteiger partial charge in [0.1, 0.15) is 11.6 Å². The Morgan fingerprint density at radius 1 is 1.38 bits per heavy atom. The number of aryl methyl sites for hydroxylation is 1. The first kappa shape index (κ1) is 20.9. The molecule has 0 radical (unpaired) electrons. The number of oxazole rings is 1. The third kappa shape index (κ3) is 4.49. The van der Waals surface area contributed by atoms with Gasteiger partial charge in [-0.05, 0) is 37.4 Å². The molecule has 3 aromatic heterocycles. The second-order valence-corrected chi connectivity index (χ2v) is 6.62. The van der Waals surface area contributed by atoms with E-state index in [1.54, 1.807) is 17.5 Å². The Kier molecular flexibility index (Phi) is 7.69. The number of hydrogen-bond donors (Lipinski definition) is 2. The van der Waals surface area contributed by atoms with Gasteiger partial charge in [0, 0.05) is 10.9 Å². The van der Waals surface area contributed by atoms with Crippen molar-refractivity contribution in [3.63, 3.8) is 0 Å². The molecule has 0 aliphatic carbocycles. The van der Waals surface area contributed by atoms with Crippen LogP contribution in [0.4, 0.5) is 5.82 Å². The van der Waals surface area contributed by atoms with Crippen LogP contribution in [0.2, 0.25) is 5.28 Å². The van der Waals surface area contributed by atoms with Crippen LogP contribution in [0, 0.1) is 6.92 Å². The Morgan fingerprint density at radius 3 is 2.75 bits per heavy atom. The molecule has 1 atom stereocenters. The highest BCUT2D eigenvalue weighted by atomic mass is 35.5. The van der Waals surface area contributed by atoms with E-state index in [0.29, 0.717) is 12.4 Å². The lowest BCUT2D eigenvalue weighted by Gasteiger charge is -2.04. The lowest BCUT2D eigenvalue weighted by atomic mass is 10.1. The monoisotopic (exact) mass is 409 g/mol. The Labute approximate surface area is 161 Å². The van der Waals surface area contributed by atoms with Crippen molar-refractivity contribution in [3.05, 3.63) is 34.1 Å². The van der Waals surface area contributed by atoms with E-state index in [1.165, 1.54) is 11.3 Å². The quantitative estimate of drug-likeness (QED) is 0.618. The number of nitrogens with one attached hydrogen (secondary N) is 1. The molecule has 0 spiro atoms. The van der Waals surface area contributed by atoms with Crippen LogP contribution in [-0.2, 0) is 13.0 Å². The summed E-state index contributed by atoms with van der Waals surface area (Å²) >= 11 is 7.71. The Hall–Kier alpha value is -1.12. The van der Waals surface area contributed by atoms with Crippen molar-refractivity contribution in [1.29, 1.82) is 0 Å². The molecular weight excluding hydrogens is 393 g/mol. The van der Waals surface area contributed by atoms with Crippen LogP contribution in [0.25, 0.3) is 10.2 Å². The second-order valence-electron chi connectivity index (χ2n) is 5.17. The molecule has 0 saturated carbocycles. The predicted octanol–water partition coefficient (Wildman–Crippen LogP) is 3.99. The summed E-state index contributed by atoms with van der Waals surface area (Å²) in [4.78, 5) is 13.8. The lowest BCUT2D eigenvalue weighted by molar-refractivity contribution is 0.511. The molecular formula is C14H18Cl3N5OS. The summed E-state index contributed by atoms with van der Waals surface area (Å²) in [5, 5.41) is 3.46. The van der Waals surface area contributed by atoms with E-state index in [2.05, 4.69) is 20.3 Å². The highest BCUT2D eigenvalue weighted by Gasteiger charge is 2.16. The Morgan fingerprint density at radius 2 is 2.12 bits per heavy atom. The number of anilines is 1. The fourth-order valence-electron chi connectivity index (χ4n) is 2.21. The third-order valence-corrected chi connectivity index (χ3v) is 4.74. The van der Waals surface area contributed by atoms with Crippen molar-refractivity contribution in [2.75, 3.05) is 5.32 Å². The minimum Gasteiger partial charge on any atom is -0.447 e. The first-order valence-electron chi connectivity index (χ1n) is 6.87. The molecule has 0 fully saturated rings. The van der Waals surface area contributed by atoms with Crippen molar-refractivity contribution in [2.45, 2.75) is 32.9 Å². The molecule has 3 N–H and O–H groups in total. The van der Waals surface area contributed by atoms with E-state index in [9.17, 15) is 0 Å². The summed E-state index contributed by atoms with van der Waals surface area (Å²) in [5.41, 5.74) is 7.91. The predicted molar refractivity (Wildman–Crippen MR) is 103 cm³/mol.